The van der Waals surface area contributed by atoms with Crippen LogP contribution < -0.4 is 0 Å². The van der Waals surface area contributed by atoms with Crippen molar-refractivity contribution in [2.24, 2.45) is 21.7 Å². The smallest absolute Gasteiger partial charge is 0.333 e. The second kappa shape index (κ2) is 4.36. The highest BCUT2D eigenvalue weighted by Crippen LogP contribution is 2.73. The topological polar surface area (TPSA) is 63.6 Å². The third kappa shape index (κ3) is 2.27. The van der Waals surface area contributed by atoms with E-state index in [1.54, 1.807) is 6.92 Å². The van der Waals surface area contributed by atoms with Crippen molar-refractivity contribution in [2.75, 3.05) is 6.61 Å². The average molecular weight is 306 g/mol. The minimum Gasteiger partial charge on any atom is -0.481 e. The number of carbonyl (C=O) groups is 2. The molecule has 4 bridgehead atoms. The van der Waals surface area contributed by atoms with Crippen molar-refractivity contribution >= 4 is 11.9 Å². The molecule has 122 valence electrons. The van der Waals surface area contributed by atoms with Crippen LogP contribution in [0.3, 0.4) is 0 Å². The Hall–Kier alpha value is -1.32. The van der Waals surface area contributed by atoms with Gasteiger partial charge in [-0.15, -0.1) is 0 Å². The fourth-order valence-electron chi connectivity index (χ4n) is 6.66. The number of hydrogen-bond acceptors (Lipinski definition) is 3. The molecule has 4 fully saturated rings. The summed E-state index contributed by atoms with van der Waals surface area (Å²) in [5.74, 6) is -1.03. The van der Waals surface area contributed by atoms with Gasteiger partial charge < -0.3 is 9.84 Å². The Bertz CT molecular complexity index is 543. The van der Waals surface area contributed by atoms with Crippen LogP contribution in [0.4, 0.5) is 0 Å². The first-order valence-corrected chi connectivity index (χ1v) is 8.07. The number of carbonyl (C=O) groups excluding carboxylic acids is 1. The number of ether oxygens (including phenoxy) is 1. The summed E-state index contributed by atoms with van der Waals surface area (Å²) in [6.07, 6.45) is 5.19. The van der Waals surface area contributed by atoms with Crippen molar-refractivity contribution in [1.29, 1.82) is 0 Å². The van der Waals surface area contributed by atoms with Crippen LogP contribution in [0.25, 0.3) is 0 Å². The minimum absolute atomic E-state index is 0.0531. The maximum atomic E-state index is 12.0. The molecule has 0 aliphatic heterocycles. The van der Waals surface area contributed by atoms with Crippen LogP contribution in [0.15, 0.2) is 12.2 Å². The van der Waals surface area contributed by atoms with Gasteiger partial charge in [-0.3, -0.25) is 4.79 Å². The maximum Gasteiger partial charge on any atom is 0.333 e. The lowest BCUT2D eigenvalue weighted by molar-refractivity contribution is -0.217. The average Bonchev–Trinajstić information content (AvgIpc) is 2.31. The number of rotatable bonds is 4. The standard InChI is InChI=1S/C18H26O4/c1-12(2)13(19)22-11-17-6-15(3)5-16(4,7-17)9-18(8-15,10-17)14(20)21/h1,5-11H2,2-4H3,(H,20,21). The van der Waals surface area contributed by atoms with Crippen molar-refractivity contribution in [1.82, 2.24) is 0 Å². The van der Waals surface area contributed by atoms with Crippen molar-refractivity contribution in [3.63, 3.8) is 0 Å². The quantitative estimate of drug-likeness (QED) is 0.637. The third-order valence-electron chi connectivity index (χ3n) is 6.01. The molecule has 4 heteroatoms. The highest BCUT2D eigenvalue weighted by molar-refractivity contribution is 5.87. The maximum absolute atomic E-state index is 12.0. The summed E-state index contributed by atoms with van der Waals surface area (Å²) in [5, 5.41) is 9.87. The number of carboxylic acids is 1. The van der Waals surface area contributed by atoms with Gasteiger partial charge in [-0.25, -0.2) is 4.79 Å². The van der Waals surface area contributed by atoms with E-state index in [2.05, 4.69) is 20.4 Å². The zero-order valence-electron chi connectivity index (χ0n) is 13.8. The predicted octanol–water partition coefficient (Wildman–Crippen LogP) is 3.56. The van der Waals surface area contributed by atoms with Crippen LogP contribution in [0.5, 0.6) is 0 Å². The normalized spacial score (nSPS) is 45.6. The molecule has 2 unspecified atom stereocenters. The van der Waals surface area contributed by atoms with Crippen LogP contribution in [-0.4, -0.2) is 23.7 Å². The summed E-state index contributed by atoms with van der Waals surface area (Å²) in [7, 11) is 0. The second-order valence-electron chi connectivity index (χ2n) is 9.12. The highest BCUT2D eigenvalue weighted by atomic mass is 16.5. The van der Waals surface area contributed by atoms with E-state index in [0.29, 0.717) is 18.6 Å². The van der Waals surface area contributed by atoms with Crippen LogP contribution in [0.1, 0.15) is 59.3 Å². The Labute approximate surface area is 131 Å². The van der Waals surface area contributed by atoms with Crippen LogP contribution >= 0.6 is 0 Å². The molecule has 0 heterocycles. The summed E-state index contributed by atoms with van der Waals surface area (Å²) in [4.78, 5) is 23.8. The lowest BCUT2D eigenvalue weighted by Crippen LogP contribution is -2.63. The number of hydrogen-bond donors (Lipinski definition) is 1. The van der Waals surface area contributed by atoms with Gasteiger partial charge in [-0.05, 0) is 56.3 Å². The van der Waals surface area contributed by atoms with Gasteiger partial charge in [-0.1, -0.05) is 20.4 Å². The molecular weight excluding hydrogens is 280 g/mol. The Balaban J connectivity index is 1.91. The van der Waals surface area contributed by atoms with Crippen molar-refractivity contribution in [2.45, 2.75) is 59.3 Å². The molecule has 0 aromatic carbocycles. The van der Waals surface area contributed by atoms with Crippen LogP contribution in [0.2, 0.25) is 0 Å². The molecule has 0 aromatic heterocycles. The number of carboxylic acid groups (broad SMARTS) is 1. The Kier molecular flexibility index (Phi) is 3.09. The van der Waals surface area contributed by atoms with Crippen molar-refractivity contribution < 1.29 is 19.4 Å². The Morgan fingerprint density at radius 1 is 1.05 bits per heavy atom. The van der Waals surface area contributed by atoms with Gasteiger partial charge in [0, 0.05) is 11.0 Å². The Morgan fingerprint density at radius 3 is 2.05 bits per heavy atom. The molecule has 4 nitrogen and oxygen atoms in total. The molecule has 0 aromatic rings. The Morgan fingerprint density at radius 2 is 1.59 bits per heavy atom. The first-order valence-electron chi connectivity index (χ1n) is 8.07. The molecule has 22 heavy (non-hydrogen) atoms. The molecular formula is C18H26O4. The highest BCUT2D eigenvalue weighted by Gasteiger charge is 2.68. The molecule has 0 spiro atoms. The zero-order valence-corrected chi connectivity index (χ0v) is 13.8. The molecule has 0 amide bonds. The first-order chi connectivity index (χ1) is 10.0. The van der Waals surface area contributed by atoms with Crippen LogP contribution in [-0.2, 0) is 14.3 Å². The van der Waals surface area contributed by atoms with Crippen molar-refractivity contribution in [3.8, 4) is 0 Å². The zero-order chi connectivity index (χ0) is 16.4. The third-order valence-corrected chi connectivity index (χ3v) is 6.01. The van der Waals surface area contributed by atoms with E-state index in [1.165, 1.54) is 0 Å². The lowest BCUT2D eigenvalue weighted by atomic mass is 9.36. The molecule has 0 radical (unpaired) electrons. The summed E-state index contributed by atoms with van der Waals surface area (Å²) in [6.45, 7) is 10.0. The summed E-state index contributed by atoms with van der Waals surface area (Å²) < 4.78 is 5.47. The van der Waals surface area contributed by atoms with E-state index < -0.39 is 11.4 Å². The van der Waals surface area contributed by atoms with Gasteiger partial charge >= 0.3 is 11.9 Å². The van der Waals surface area contributed by atoms with Gasteiger partial charge in [0.1, 0.15) is 0 Å². The minimum atomic E-state index is -0.667. The van der Waals surface area contributed by atoms with Crippen LogP contribution in [0, 0.1) is 21.7 Å². The second-order valence-corrected chi connectivity index (χ2v) is 9.12. The van der Waals surface area contributed by atoms with Gasteiger partial charge in [0.05, 0.1) is 12.0 Å². The van der Waals surface area contributed by atoms with Gasteiger partial charge in [0.25, 0.3) is 0 Å². The van der Waals surface area contributed by atoms with E-state index >= 15 is 0 Å². The van der Waals surface area contributed by atoms with Gasteiger partial charge in [-0.2, -0.15) is 0 Å². The fraction of sp³-hybridized carbons (Fsp3) is 0.778. The first kappa shape index (κ1) is 15.6. The van der Waals surface area contributed by atoms with E-state index in [1.807, 2.05) is 0 Å². The van der Waals surface area contributed by atoms with Gasteiger partial charge in [0.2, 0.25) is 0 Å². The number of aliphatic carboxylic acids is 1. The van der Waals surface area contributed by atoms with E-state index in [0.717, 1.165) is 32.1 Å². The van der Waals surface area contributed by atoms with Crippen molar-refractivity contribution in [3.05, 3.63) is 12.2 Å². The molecule has 1 N–H and O–H groups in total. The summed E-state index contributed by atoms with van der Waals surface area (Å²) in [5.41, 5.74) is -0.305. The largest absolute Gasteiger partial charge is 0.481 e. The predicted molar refractivity (Wildman–Crippen MR) is 82.2 cm³/mol. The fourth-order valence-corrected chi connectivity index (χ4v) is 6.66. The van der Waals surface area contributed by atoms with Gasteiger partial charge in [0.15, 0.2) is 0 Å². The summed E-state index contributed by atoms with van der Waals surface area (Å²) >= 11 is 0. The summed E-state index contributed by atoms with van der Waals surface area (Å²) in [6, 6.07) is 0. The number of esters is 1. The molecule has 4 saturated carbocycles. The SMILES string of the molecule is C=C(C)C(=O)OCC12CC3(C)CC(C)(C1)CC(C(=O)O)(C3)C2. The molecule has 2 atom stereocenters. The monoisotopic (exact) mass is 306 g/mol. The van der Waals surface area contributed by atoms with E-state index in [9.17, 15) is 14.7 Å². The molecule has 4 aliphatic rings. The molecule has 4 rings (SSSR count). The van der Waals surface area contributed by atoms with E-state index in [4.69, 9.17) is 4.74 Å². The molecule has 4 aliphatic carbocycles. The molecule has 0 saturated heterocycles. The van der Waals surface area contributed by atoms with E-state index in [-0.39, 0.29) is 22.2 Å². The lowest BCUT2D eigenvalue weighted by Gasteiger charge is -2.68.